The van der Waals surface area contributed by atoms with Gasteiger partial charge in [0.15, 0.2) is 0 Å². The lowest BCUT2D eigenvalue weighted by atomic mass is 9.45. The van der Waals surface area contributed by atoms with Gasteiger partial charge in [0, 0.05) is 25.3 Å². The molecule has 4 aliphatic rings. The second-order valence-corrected chi connectivity index (χ2v) is 10.7. The van der Waals surface area contributed by atoms with Crippen LogP contribution in [-0.4, -0.2) is 31.9 Å². The Morgan fingerprint density at radius 3 is 2.28 bits per heavy atom. The van der Waals surface area contributed by atoms with E-state index in [9.17, 15) is 4.79 Å². The molecule has 0 aliphatic heterocycles. The van der Waals surface area contributed by atoms with E-state index in [2.05, 4.69) is 51.9 Å². The van der Waals surface area contributed by atoms with Crippen LogP contribution in [0, 0.1) is 18.8 Å². The van der Waals surface area contributed by atoms with Crippen molar-refractivity contribution in [3.63, 3.8) is 0 Å². The highest BCUT2D eigenvalue weighted by Crippen LogP contribution is 2.62. The van der Waals surface area contributed by atoms with Gasteiger partial charge in [-0.25, -0.2) is 10.2 Å². The van der Waals surface area contributed by atoms with Gasteiger partial charge in [-0.3, -0.25) is 0 Å². The summed E-state index contributed by atoms with van der Waals surface area (Å²) in [6, 6.07) is 17.0. The minimum atomic E-state index is -0.188. The zero-order chi connectivity index (χ0) is 22.3. The number of hydrogen-bond acceptors (Lipinski definition) is 3. The van der Waals surface area contributed by atoms with Crippen LogP contribution in [0.4, 0.5) is 10.5 Å². The summed E-state index contributed by atoms with van der Waals surface area (Å²) in [6.45, 7) is 2.15. The van der Waals surface area contributed by atoms with E-state index >= 15 is 0 Å². The predicted octanol–water partition coefficient (Wildman–Crippen LogP) is 4.98. The number of aryl methyl sites for hydroxylation is 1. The van der Waals surface area contributed by atoms with Gasteiger partial charge in [0.1, 0.15) is 0 Å². The molecular weight excluding hydrogens is 396 g/mol. The SMILES string of the molecule is Cc1ccc(C23C[C@@H]4C[C@@H](CC(NC(=O)N/N=C\c5ccc(N(C)C)cc5)(C4)C2)C3)cc1. The van der Waals surface area contributed by atoms with Crippen LogP contribution >= 0.6 is 0 Å². The molecule has 0 spiro atoms. The van der Waals surface area contributed by atoms with Gasteiger partial charge in [0.25, 0.3) is 0 Å². The Kier molecular flexibility index (Phi) is 5.23. The molecule has 4 fully saturated rings. The third-order valence-electron chi connectivity index (χ3n) is 7.89. The van der Waals surface area contributed by atoms with E-state index in [1.165, 1.54) is 30.4 Å². The van der Waals surface area contributed by atoms with Crippen molar-refractivity contribution >= 4 is 17.9 Å². The molecule has 6 rings (SSSR count). The first-order valence-electron chi connectivity index (χ1n) is 11.8. The molecule has 4 bridgehead atoms. The van der Waals surface area contributed by atoms with Gasteiger partial charge in [-0.05, 0) is 86.0 Å². The first-order valence-corrected chi connectivity index (χ1v) is 11.8. The van der Waals surface area contributed by atoms with Gasteiger partial charge < -0.3 is 10.2 Å². The van der Waals surface area contributed by atoms with Gasteiger partial charge in [-0.15, -0.1) is 0 Å². The lowest BCUT2D eigenvalue weighted by Gasteiger charge is -2.62. The molecule has 4 aliphatic carbocycles. The van der Waals surface area contributed by atoms with Crippen LogP contribution in [0.5, 0.6) is 0 Å². The van der Waals surface area contributed by atoms with Crippen LogP contribution in [0.25, 0.3) is 0 Å². The van der Waals surface area contributed by atoms with Crippen LogP contribution in [-0.2, 0) is 5.41 Å². The summed E-state index contributed by atoms with van der Waals surface area (Å²) in [6.07, 6.45) is 8.78. The molecule has 2 aromatic rings. The molecule has 5 nitrogen and oxygen atoms in total. The largest absolute Gasteiger partial charge is 0.378 e. The van der Waals surface area contributed by atoms with Crippen LogP contribution < -0.4 is 15.6 Å². The molecule has 4 atom stereocenters. The maximum atomic E-state index is 12.8. The highest BCUT2D eigenvalue weighted by atomic mass is 16.2. The molecule has 32 heavy (non-hydrogen) atoms. The second kappa shape index (κ2) is 7.95. The zero-order valence-electron chi connectivity index (χ0n) is 19.4. The number of rotatable bonds is 5. The van der Waals surface area contributed by atoms with Crippen LogP contribution in [0.2, 0.25) is 0 Å². The highest BCUT2D eigenvalue weighted by Gasteiger charge is 2.58. The number of anilines is 1. The Labute approximate surface area is 191 Å². The molecule has 0 aromatic heterocycles. The summed E-state index contributed by atoms with van der Waals surface area (Å²) in [5.41, 5.74) is 7.68. The summed E-state index contributed by atoms with van der Waals surface area (Å²) >= 11 is 0. The van der Waals surface area contributed by atoms with Crippen molar-refractivity contribution in [2.45, 2.75) is 56.4 Å². The average Bonchev–Trinajstić information content (AvgIpc) is 2.73. The number of amides is 2. The molecule has 0 radical (unpaired) electrons. The number of hydrazone groups is 1. The van der Waals surface area contributed by atoms with E-state index < -0.39 is 0 Å². The van der Waals surface area contributed by atoms with E-state index in [1.54, 1.807) is 6.21 Å². The minimum absolute atomic E-state index is 0.109. The van der Waals surface area contributed by atoms with Crippen LogP contribution in [0.1, 0.15) is 55.2 Å². The molecule has 2 amide bonds. The van der Waals surface area contributed by atoms with Crippen molar-refractivity contribution in [1.82, 2.24) is 10.7 Å². The molecule has 2 aromatic carbocycles. The van der Waals surface area contributed by atoms with Gasteiger partial charge >= 0.3 is 6.03 Å². The molecule has 2 unspecified atom stereocenters. The van der Waals surface area contributed by atoms with Crippen molar-refractivity contribution in [2.75, 3.05) is 19.0 Å². The van der Waals surface area contributed by atoms with E-state index in [0.717, 1.165) is 30.5 Å². The van der Waals surface area contributed by atoms with Crippen LogP contribution in [0.3, 0.4) is 0 Å². The van der Waals surface area contributed by atoms with E-state index in [4.69, 9.17) is 0 Å². The molecule has 2 N–H and O–H groups in total. The maximum Gasteiger partial charge on any atom is 0.335 e. The molecule has 4 saturated carbocycles. The van der Waals surface area contributed by atoms with Crippen LogP contribution in [0.15, 0.2) is 53.6 Å². The van der Waals surface area contributed by atoms with E-state index in [1.807, 2.05) is 38.4 Å². The fourth-order valence-electron chi connectivity index (χ4n) is 6.95. The summed E-state index contributed by atoms with van der Waals surface area (Å²) < 4.78 is 0. The lowest BCUT2D eigenvalue weighted by Crippen LogP contribution is -2.65. The van der Waals surface area contributed by atoms with Crippen molar-refractivity contribution < 1.29 is 4.79 Å². The third-order valence-corrected chi connectivity index (χ3v) is 7.89. The fraction of sp³-hybridized carbons (Fsp3) is 0.481. The van der Waals surface area contributed by atoms with Gasteiger partial charge in [0.2, 0.25) is 0 Å². The number of hydrogen-bond donors (Lipinski definition) is 2. The van der Waals surface area contributed by atoms with Gasteiger partial charge in [-0.1, -0.05) is 42.0 Å². The Balaban J connectivity index is 1.26. The standard InChI is InChI=1S/C27H34N4O/c1-19-4-8-23(9-5-19)26-13-21-12-22(14-26)16-27(15-21,18-26)29-25(32)30-28-17-20-6-10-24(11-7-20)31(2)3/h4-11,17,21-22H,12-16,18H2,1-3H3,(H2,29,30,32)/b28-17-/t21-,22+,26?,27?. The Morgan fingerprint density at radius 2 is 1.66 bits per heavy atom. The predicted molar refractivity (Wildman–Crippen MR) is 130 cm³/mol. The maximum absolute atomic E-state index is 12.8. The number of carbonyl (C=O) groups is 1. The van der Waals surface area contributed by atoms with Gasteiger partial charge in [0.05, 0.1) is 6.21 Å². The summed E-state index contributed by atoms with van der Waals surface area (Å²) in [4.78, 5) is 14.9. The molecule has 168 valence electrons. The monoisotopic (exact) mass is 430 g/mol. The Bertz CT molecular complexity index is 995. The number of benzene rings is 2. The smallest absolute Gasteiger partial charge is 0.335 e. The fourth-order valence-corrected chi connectivity index (χ4v) is 6.95. The Morgan fingerprint density at radius 1 is 1.00 bits per heavy atom. The number of nitrogens with one attached hydrogen (secondary N) is 2. The van der Waals surface area contributed by atoms with Crippen molar-refractivity contribution in [2.24, 2.45) is 16.9 Å². The summed E-state index contributed by atoms with van der Waals surface area (Å²) in [5.74, 6) is 1.41. The van der Waals surface area contributed by atoms with Crippen molar-refractivity contribution in [3.05, 3.63) is 65.2 Å². The average molecular weight is 431 g/mol. The van der Waals surface area contributed by atoms with Crippen molar-refractivity contribution in [1.29, 1.82) is 0 Å². The quantitative estimate of drug-likeness (QED) is 0.519. The normalized spacial score (nSPS) is 30.5. The first-order chi connectivity index (χ1) is 15.3. The number of nitrogens with zero attached hydrogens (tertiary/aromatic N) is 2. The zero-order valence-corrected chi connectivity index (χ0v) is 19.4. The second-order valence-electron chi connectivity index (χ2n) is 10.7. The highest BCUT2D eigenvalue weighted by molar-refractivity contribution is 5.82. The van der Waals surface area contributed by atoms with E-state index in [-0.39, 0.29) is 17.0 Å². The lowest BCUT2D eigenvalue weighted by molar-refractivity contribution is -0.0349. The molecule has 0 heterocycles. The third kappa shape index (κ3) is 4.01. The molecule has 5 heteroatoms. The summed E-state index contributed by atoms with van der Waals surface area (Å²) in [7, 11) is 4.03. The number of urea groups is 1. The van der Waals surface area contributed by atoms with E-state index in [0.29, 0.717) is 11.8 Å². The van der Waals surface area contributed by atoms with Crippen molar-refractivity contribution in [3.8, 4) is 0 Å². The molecule has 0 saturated heterocycles. The topological polar surface area (TPSA) is 56.7 Å². The minimum Gasteiger partial charge on any atom is -0.378 e. The summed E-state index contributed by atoms with van der Waals surface area (Å²) in [5, 5.41) is 7.57. The Hall–Kier alpha value is -2.82. The first kappa shape index (κ1) is 21.0. The number of carbonyl (C=O) groups excluding carboxylic acids is 1. The molecular formula is C27H34N4O. The van der Waals surface area contributed by atoms with Gasteiger partial charge in [-0.2, -0.15) is 5.10 Å².